The van der Waals surface area contributed by atoms with Crippen LogP contribution >= 0.6 is 38.5 Å². The molecule has 0 bridgehead atoms. The number of hydrogen-bond acceptors (Lipinski definition) is 3. The molecule has 0 aliphatic heterocycles. The fraction of sp³-hybridized carbons (Fsp3) is 0.176. The van der Waals surface area contributed by atoms with Crippen LogP contribution in [0.3, 0.4) is 0 Å². The number of nitrogens with zero attached hydrogens (tertiary/aromatic N) is 2. The number of furan rings is 1. The van der Waals surface area contributed by atoms with E-state index in [4.69, 9.17) is 4.42 Å². The van der Waals surface area contributed by atoms with Crippen molar-refractivity contribution in [3.8, 4) is 0 Å². The van der Waals surface area contributed by atoms with Gasteiger partial charge in [-0.1, -0.05) is 15.9 Å². The predicted octanol–water partition coefficient (Wildman–Crippen LogP) is 4.95. The number of aromatic nitrogens is 1. The van der Waals surface area contributed by atoms with Crippen LogP contribution in [0.1, 0.15) is 36.0 Å². The van der Waals surface area contributed by atoms with Gasteiger partial charge in [-0.2, -0.15) is 5.10 Å². The summed E-state index contributed by atoms with van der Waals surface area (Å²) in [6.07, 6.45) is 5.56. The van der Waals surface area contributed by atoms with Crippen molar-refractivity contribution in [2.45, 2.75) is 19.9 Å². The summed E-state index contributed by atoms with van der Waals surface area (Å²) in [7, 11) is 0. The van der Waals surface area contributed by atoms with Gasteiger partial charge in [0.25, 0.3) is 0 Å². The van der Waals surface area contributed by atoms with Crippen molar-refractivity contribution >= 4 is 61.6 Å². The van der Waals surface area contributed by atoms with Gasteiger partial charge in [0, 0.05) is 33.9 Å². The third-order valence-corrected chi connectivity index (χ3v) is 4.73. The van der Waals surface area contributed by atoms with Crippen LogP contribution in [0, 0.1) is 3.57 Å². The zero-order valence-corrected chi connectivity index (χ0v) is 16.8. The third-order valence-electron chi connectivity index (χ3n) is 3.47. The third kappa shape index (κ3) is 3.72. The lowest BCUT2D eigenvalue weighted by molar-refractivity contribution is 0.0929. The molecule has 0 spiro atoms. The Bertz CT molecular complexity index is 927. The van der Waals surface area contributed by atoms with Gasteiger partial charge in [-0.25, -0.2) is 5.43 Å². The van der Waals surface area contributed by atoms with Gasteiger partial charge in [-0.3, -0.25) is 4.79 Å². The molecule has 0 aliphatic carbocycles. The SMILES string of the molecule is CC(C)n1ccc(/C=N\NC(=O)c2cc3cc(Br)cc(I)c3o2)c1. The van der Waals surface area contributed by atoms with Crippen molar-refractivity contribution in [2.75, 3.05) is 0 Å². The van der Waals surface area contributed by atoms with Crippen LogP contribution in [0.4, 0.5) is 0 Å². The minimum absolute atomic E-state index is 0.234. The molecule has 0 saturated heterocycles. The van der Waals surface area contributed by atoms with Crippen LogP contribution in [-0.4, -0.2) is 16.7 Å². The first kappa shape index (κ1) is 17.2. The number of carbonyl (C=O) groups is 1. The van der Waals surface area contributed by atoms with Crippen LogP contribution in [0.25, 0.3) is 11.0 Å². The van der Waals surface area contributed by atoms with Crippen molar-refractivity contribution in [1.29, 1.82) is 0 Å². The molecule has 24 heavy (non-hydrogen) atoms. The second-order valence-corrected chi connectivity index (χ2v) is 7.68. The Kier molecular flexibility index (Phi) is 5.09. The van der Waals surface area contributed by atoms with Crippen molar-refractivity contribution in [2.24, 2.45) is 5.10 Å². The molecule has 5 nitrogen and oxygen atoms in total. The fourth-order valence-corrected chi connectivity index (χ4v) is 3.90. The van der Waals surface area contributed by atoms with E-state index in [2.05, 4.69) is 67.5 Å². The van der Waals surface area contributed by atoms with E-state index in [1.165, 1.54) is 0 Å². The van der Waals surface area contributed by atoms with Crippen molar-refractivity contribution < 1.29 is 9.21 Å². The van der Waals surface area contributed by atoms with Gasteiger partial charge in [-0.15, -0.1) is 0 Å². The zero-order valence-electron chi connectivity index (χ0n) is 13.1. The smallest absolute Gasteiger partial charge is 0.307 e. The van der Waals surface area contributed by atoms with Crippen LogP contribution in [-0.2, 0) is 0 Å². The average molecular weight is 500 g/mol. The second-order valence-electron chi connectivity index (χ2n) is 5.60. The van der Waals surface area contributed by atoms with Gasteiger partial charge in [-0.05, 0) is 60.7 Å². The highest BCUT2D eigenvalue weighted by atomic mass is 127. The molecule has 0 radical (unpaired) electrons. The molecule has 2 heterocycles. The maximum atomic E-state index is 12.2. The fourth-order valence-electron chi connectivity index (χ4n) is 2.24. The summed E-state index contributed by atoms with van der Waals surface area (Å²) in [6.45, 7) is 4.20. The van der Waals surface area contributed by atoms with Crippen LogP contribution in [0.5, 0.6) is 0 Å². The molecule has 1 N–H and O–H groups in total. The van der Waals surface area contributed by atoms with Gasteiger partial charge in [0.2, 0.25) is 0 Å². The molecule has 124 valence electrons. The summed E-state index contributed by atoms with van der Waals surface area (Å²) in [5, 5.41) is 4.86. The zero-order chi connectivity index (χ0) is 17.3. The number of rotatable bonds is 4. The van der Waals surface area contributed by atoms with Crippen molar-refractivity contribution in [3.63, 3.8) is 0 Å². The van der Waals surface area contributed by atoms with Gasteiger partial charge in [0.15, 0.2) is 5.76 Å². The maximum absolute atomic E-state index is 12.2. The number of carbonyl (C=O) groups excluding carboxylic acids is 1. The summed E-state index contributed by atoms with van der Waals surface area (Å²) in [6, 6.07) is 7.89. The Morgan fingerprint density at radius 3 is 2.92 bits per heavy atom. The van der Waals surface area contributed by atoms with E-state index in [0.29, 0.717) is 11.6 Å². The highest BCUT2D eigenvalue weighted by Gasteiger charge is 2.14. The van der Waals surface area contributed by atoms with Crippen LogP contribution < -0.4 is 5.43 Å². The van der Waals surface area contributed by atoms with Crippen LogP contribution in [0.15, 0.2) is 50.7 Å². The summed E-state index contributed by atoms with van der Waals surface area (Å²) in [4.78, 5) is 12.2. The van der Waals surface area contributed by atoms with E-state index in [9.17, 15) is 4.79 Å². The molecule has 0 atom stereocenters. The lowest BCUT2D eigenvalue weighted by Crippen LogP contribution is -2.16. The number of hydrazone groups is 1. The van der Waals surface area contributed by atoms with Crippen LogP contribution in [0.2, 0.25) is 0 Å². The topological polar surface area (TPSA) is 59.5 Å². The molecular weight excluding hydrogens is 485 g/mol. The minimum Gasteiger partial charge on any atom is -0.450 e. The lowest BCUT2D eigenvalue weighted by Gasteiger charge is -2.04. The maximum Gasteiger partial charge on any atom is 0.307 e. The predicted molar refractivity (Wildman–Crippen MR) is 107 cm³/mol. The Balaban J connectivity index is 1.72. The van der Waals surface area contributed by atoms with E-state index in [-0.39, 0.29) is 11.7 Å². The lowest BCUT2D eigenvalue weighted by atomic mass is 10.2. The number of nitrogens with one attached hydrogen (secondary N) is 1. The number of hydrogen-bond donors (Lipinski definition) is 1. The Hall–Kier alpha value is -1.61. The molecule has 1 amide bonds. The van der Waals surface area contributed by atoms with Gasteiger partial charge in [0.1, 0.15) is 5.58 Å². The number of fused-ring (bicyclic) bond motifs is 1. The van der Waals surface area contributed by atoms with Crippen molar-refractivity contribution in [3.05, 3.63) is 56.0 Å². The van der Waals surface area contributed by atoms with E-state index in [1.54, 1.807) is 12.3 Å². The van der Waals surface area contributed by atoms with Gasteiger partial charge in [0.05, 0.1) is 9.78 Å². The first-order chi connectivity index (χ1) is 11.4. The summed E-state index contributed by atoms with van der Waals surface area (Å²) in [5.74, 6) is -0.143. The largest absolute Gasteiger partial charge is 0.450 e. The second kappa shape index (κ2) is 7.10. The molecule has 0 aliphatic rings. The molecule has 1 aromatic carbocycles. The molecule has 0 fully saturated rings. The molecule has 3 rings (SSSR count). The Morgan fingerprint density at radius 1 is 1.42 bits per heavy atom. The monoisotopic (exact) mass is 499 g/mol. The van der Waals surface area contributed by atoms with Gasteiger partial charge >= 0.3 is 5.91 Å². The van der Waals surface area contributed by atoms with Gasteiger partial charge < -0.3 is 8.98 Å². The standard InChI is InChI=1S/C17H15BrIN3O2/c1-10(2)22-4-3-11(9-22)8-20-21-17(23)15-6-12-5-13(18)7-14(19)16(12)24-15/h3-10H,1-2H3,(H,21,23)/b20-8-. The van der Waals surface area contributed by atoms with E-state index < -0.39 is 0 Å². The normalized spacial score (nSPS) is 11.7. The minimum atomic E-state index is -0.377. The number of halogens is 2. The van der Waals surface area contributed by atoms with E-state index in [0.717, 1.165) is 19.0 Å². The quantitative estimate of drug-likeness (QED) is 0.314. The first-order valence-corrected chi connectivity index (χ1v) is 9.20. The molecule has 0 saturated carbocycles. The molecule has 7 heteroatoms. The summed E-state index contributed by atoms with van der Waals surface area (Å²) in [5.41, 5.74) is 4.11. The highest BCUT2D eigenvalue weighted by molar-refractivity contribution is 14.1. The number of benzene rings is 1. The summed E-state index contributed by atoms with van der Waals surface area (Å²) >= 11 is 5.61. The molecule has 0 unspecified atom stereocenters. The highest BCUT2D eigenvalue weighted by Crippen LogP contribution is 2.28. The number of amides is 1. The van der Waals surface area contributed by atoms with E-state index in [1.807, 2.05) is 30.6 Å². The molecular formula is C17H15BrIN3O2. The molecule has 2 aromatic heterocycles. The Labute approximate surface area is 161 Å². The summed E-state index contributed by atoms with van der Waals surface area (Å²) < 4.78 is 9.59. The van der Waals surface area contributed by atoms with Crippen molar-refractivity contribution in [1.82, 2.24) is 9.99 Å². The Morgan fingerprint density at radius 2 is 2.21 bits per heavy atom. The van der Waals surface area contributed by atoms with E-state index >= 15 is 0 Å². The first-order valence-electron chi connectivity index (χ1n) is 7.33. The molecule has 3 aromatic rings. The average Bonchev–Trinajstić information content (AvgIpc) is 3.13.